The molecule has 0 radical (unpaired) electrons. The SMILES string of the molecule is O=P(O)(O)O.[AlH3].[Fe].[H-].[H-].[Mg+2]. The van der Waals surface area contributed by atoms with Crippen molar-refractivity contribution >= 4 is 48.2 Å². The van der Waals surface area contributed by atoms with E-state index in [1.54, 1.807) is 0 Å². The minimum absolute atomic E-state index is 0. The Labute approximate surface area is 87.0 Å². The third-order valence-electron chi connectivity index (χ3n) is 0. The molecule has 50 valence electrons. The van der Waals surface area contributed by atoms with E-state index in [9.17, 15) is 0 Å². The summed E-state index contributed by atoms with van der Waals surface area (Å²) in [6, 6.07) is 0. The van der Waals surface area contributed by atoms with Crippen molar-refractivity contribution in [3.8, 4) is 0 Å². The van der Waals surface area contributed by atoms with Gasteiger partial charge >= 0.3 is 30.9 Å². The second kappa shape index (κ2) is 8.93. The zero-order chi connectivity index (χ0) is 4.50. The third-order valence-corrected chi connectivity index (χ3v) is 0. The van der Waals surface area contributed by atoms with Gasteiger partial charge in [-0.2, -0.15) is 0 Å². The smallest absolute Gasteiger partial charge is 1.00 e. The van der Waals surface area contributed by atoms with Gasteiger partial charge in [-0.15, -0.1) is 0 Å². The van der Waals surface area contributed by atoms with Crippen molar-refractivity contribution in [1.82, 2.24) is 0 Å². The molecule has 0 unspecified atom stereocenters. The molecule has 0 aromatic rings. The number of hydrogen-bond acceptors (Lipinski definition) is 1. The summed E-state index contributed by atoms with van der Waals surface area (Å²) in [6.45, 7) is 0. The van der Waals surface area contributed by atoms with Crippen LogP contribution in [0.3, 0.4) is 0 Å². The van der Waals surface area contributed by atoms with Crippen molar-refractivity contribution in [2.75, 3.05) is 0 Å². The van der Waals surface area contributed by atoms with E-state index in [0.29, 0.717) is 0 Å². The monoisotopic (exact) mass is 210 g/mol. The fraction of sp³-hybridized carbons (Fsp3) is 0. The average Bonchev–Trinajstić information content (AvgIpc) is 0.722. The van der Waals surface area contributed by atoms with Gasteiger partial charge < -0.3 is 17.5 Å². The molecule has 0 saturated carbocycles. The first-order valence-electron chi connectivity index (χ1n) is 0.783. The van der Waals surface area contributed by atoms with Gasteiger partial charge in [0.15, 0.2) is 17.4 Å². The Morgan fingerprint density at radius 2 is 1.25 bits per heavy atom. The molecule has 0 spiro atoms. The summed E-state index contributed by atoms with van der Waals surface area (Å²) in [4.78, 5) is 21.6. The van der Waals surface area contributed by atoms with Crippen molar-refractivity contribution in [3.05, 3.63) is 0 Å². The Bertz CT molecular complexity index is 69.4. The normalized spacial score (nSPS) is 7.38. The predicted molar refractivity (Wildman–Crippen MR) is 32.2 cm³/mol. The summed E-state index contributed by atoms with van der Waals surface area (Å²) in [7, 11) is -4.64. The van der Waals surface area contributed by atoms with Crippen molar-refractivity contribution in [2.24, 2.45) is 0 Å². The van der Waals surface area contributed by atoms with E-state index in [4.69, 9.17) is 19.2 Å². The van der Waals surface area contributed by atoms with Gasteiger partial charge in [-0.05, 0) is 0 Å². The first kappa shape index (κ1) is 22.5. The summed E-state index contributed by atoms with van der Waals surface area (Å²) in [6.07, 6.45) is 0. The molecule has 0 aromatic carbocycles. The van der Waals surface area contributed by atoms with Crippen molar-refractivity contribution < 1.29 is 39.2 Å². The Morgan fingerprint density at radius 3 is 1.25 bits per heavy atom. The molecular formula is H8AlFeMgO4P. The summed E-state index contributed by atoms with van der Waals surface area (Å²) in [5.74, 6) is 0. The molecule has 0 aromatic heterocycles. The molecule has 0 rings (SSSR count). The van der Waals surface area contributed by atoms with Crippen LogP contribution in [0.2, 0.25) is 0 Å². The van der Waals surface area contributed by atoms with Crippen LogP contribution in [0.25, 0.3) is 0 Å². The minimum Gasteiger partial charge on any atom is -1.00 e. The first-order valence-corrected chi connectivity index (χ1v) is 2.35. The molecule has 0 saturated heterocycles. The molecule has 3 N–H and O–H groups in total. The van der Waals surface area contributed by atoms with Crippen molar-refractivity contribution in [3.63, 3.8) is 0 Å². The van der Waals surface area contributed by atoms with Crippen molar-refractivity contribution in [2.45, 2.75) is 0 Å². The number of rotatable bonds is 0. The third kappa shape index (κ3) is 102. The van der Waals surface area contributed by atoms with Crippen molar-refractivity contribution in [1.29, 1.82) is 0 Å². The van der Waals surface area contributed by atoms with E-state index in [1.165, 1.54) is 0 Å². The topological polar surface area (TPSA) is 77.8 Å². The Kier molecular flexibility index (Phi) is 25.1. The van der Waals surface area contributed by atoms with Gasteiger partial charge in [-0.3, -0.25) is 0 Å². The summed E-state index contributed by atoms with van der Waals surface area (Å²) in [5, 5.41) is 0. The van der Waals surface area contributed by atoms with Crippen LogP contribution >= 0.6 is 7.82 Å². The molecule has 0 fully saturated rings. The Balaban J connectivity index is -0.00000000800. The second-order valence-electron chi connectivity index (χ2n) is 0.513. The first-order chi connectivity index (χ1) is 2.00. The van der Waals surface area contributed by atoms with Gasteiger partial charge in [-0.25, -0.2) is 4.57 Å². The van der Waals surface area contributed by atoms with Crippen LogP contribution in [-0.4, -0.2) is 55.1 Å². The molecule has 4 nitrogen and oxygen atoms in total. The largest absolute Gasteiger partial charge is 2.00 e. The van der Waals surface area contributed by atoms with E-state index in [2.05, 4.69) is 0 Å². The second-order valence-corrected chi connectivity index (χ2v) is 1.54. The van der Waals surface area contributed by atoms with Crippen LogP contribution < -0.4 is 0 Å². The van der Waals surface area contributed by atoms with Crippen LogP contribution in [0.1, 0.15) is 2.85 Å². The molecule has 0 heterocycles. The van der Waals surface area contributed by atoms with Crippen LogP contribution in [0.15, 0.2) is 0 Å². The molecule has 0 aliphatic heterocycles. The van der Waals surface area contributed by atoms with Gasteiger partial charge in [0, 0.05) is 17.1 Å². The molecule has 0 amide bonds. The average molecular weight is 210 g/mol. The zero-order valence-electron chi connectivity index (χ0n) is 5.26. The predicted octanol–water partition coefficient (Wildman–Crippen LogP) is -2.27. The minimum atomic E-state index is -4.64. The van der Waals surface area contributed by atoms with E-state index in [-0.39, 0.29) is 60.3 Å². The van der Waals surface area contributed by atoms with E-state index in [1.807, 2.05) is 0 Å². The zero-order valence-corrected chi connectivity index (χ0v) is 6.67. The van der Waals surface area contributed by atoms with Crippen LogP contribution in [0.5, 0.6) is 0 Å². The van der Waals surface area contributed by atoms with Gasteiger partial charge in [0.25, 0.3) is 0 Å². The maximum absolute atomic E-state index is 8.88. The molecular weight excluding hydrogens is 202 g/mol. The van der Waals surface area contributed by atoms with Crippen LogP contribution in [0, 0.1) is 0 Å². The van der Waals surface area contributed by atoms with Gasteiger partial charge in [0.05, 0.1) is 0 Å². The van der Waals surface area contributed by atoms with Crippen LogP contribution in [-0.2, 0) is 21.6 Å². The van der Waals surface area contributed by atoms with E-state index < -0.39 is 7.82 Å². The summed E-state index contributed by atoms with van der Waals surface area (Å²) < 4.78 is 8.88. The van der Waals surface area contributed by atoms with E-state index in [0.717, 1.165) is 0 Å². The number of hydrogen-bond donors (Lipinski definition) is 3. The van der Waals surface area contributed by atoms with Gasteiger partial charge in [0.1, 0.15) is 0 Å². The standard InChI is InChI=1S/Al.Fe.Mg.H3O4P.5H/c;;;1-5(2,3)4;;;;;/h;;;(H3,1,2,3,4);;;;;/q;;+2;;;;;2*-1. The summed E-state index contributed by atoms with van der Waals surface area (Å²) in [5.41, 5.74) is 0. The van der Waals surface area contributed by atoms with Gasteiger partial charge in [-0.1, -0.05) is 0 Å². The maximum atomic E-state index is 8.88. The van der Waals surface area contributed by atoms with E-state index >= 15 is 0 Å². The fourth-order valence-electron chi connectivity index (χ4n) is 0. The summed E-state index contributed by atoms with van der Waals surface area (Å²) >= 11 is 0. The Morgan fingerprint density at radius 1 is 1.25 bits per heavy atom. The maximum Gasteiger partial charge on any atom is 2.00 e. The molecule has 0 bridgehead atoms. The number of phosphoric acid groups is 1. The quantitative estimate of drug-likeness (QED) is 0.311. The van der Waals surface area contributed by atoms with Crippen LogP contribution in [0.4, 0.5) is 0 Å². The Hall–Kier alpha value is 1.93. The molecule has 0 aliphatic carbocycles. The van der Waals surface area contributed by atoms with Gasteiger partial charge in [0.2, 0.25) is 0 Å². The fourth-order valence-corrected chi connectivity index (χ4v) is 0. The molecule has 8 heavy (non-hydrogen) atoms. The molecule has 0 atom stereocenters. The molecule has 8 heteroatoms. The molecule has 0 aliphatic rings.